The van der Waals surface area contributed by atoms with E-state index in [0.29, 0.717) is 23.4 Å². The molecule has 3 aromatic rings. The van der Waals surface area contributed by atoms with E-state index in [9.17, 15) is 14.4 Å². The van der Waals surface area contributed by atoms with Gasteiger partial charge in [0.2, 0.25) is 0 Å². The minimum atomic E-state index is -0.556. The molecule has 0 atom stereocenters. The van der Waals surface area contributed by atoms with Gasteiger partial charge in [-0.2, -0.15) is 0 Å². The van der Waals surface area contributed by atoms with Crippen molar-refractivity contribution in [2.75, 3.05) is 17.3 Å². The standard InChI is InChI=1S/C27H28BrN3O4/c1-27(2,3)35-26(34)29-17-18-5-13-22(14-6-18)30-24(32)19-7-9-20(10-8-19)25(33)31(4)23-15-11-21(28)12-16-23/h5-16H,17H2,1-4H3,(H,29,34)(H,30,32). The summed E-state index contributed by atoms with van der Waals surface area (Å²) in [6.07, 6.45) is -0.486. The quantitative estimate of drug-likeness (QED) is 0.403. The van der Waals surface area contributed by atoms with Gasteiger partial charge in [-0.15, -0.1) is 0 Å². The van der Waals surface area contributed by atoms with E-state index in [2.05, 4.69) is 26.6 Å². The number of hydrogen-bond acceptors (Lipinski definition) is 4. The van der Waals surface area contributed by atoms with Crippen molar-refractivity contribution in [3.05, 3.63) is 94.0 Å². The normalized spacial score (nSPS) is 10.9. The first-order valence-corrected chi connectivity index (χ1v) is 11.8. The van der Waals surface area contributed by atoms with Gasteiger partial charge in [0.15, 0.2) is 0 Å². The molecule has 182 valence electrons. The molecule has 0 saturated heterocycles. The van der Waals surface area contributed by atoms with Crippen LogP contribution in [0.3, 0.4) is 0 Å². The molecule has 0 fully saturated rings. The minimum Gasteiger partial charge on any atom is -0.444 e. The molecular weight excluding hydrogens is 510 g/mol. The molecule has 35 heavy (non-hydrogen) atoms. The Hall–Kier alpha value is -3.65. The third-order valence-corrected chi connectivity index (χ3v) is 5.49. The summed E-state index contributed by atoms with van der Waals surface area (Å²) >= 11 is 3.38. The Morgan fingerprint density at radius 2 is 1.43 bits per heavy atom. The number of anilines is 2. The van der Waals surface area contributed by atoms with Crippen LogP contribution in [-0.4, -0.2) is 30.6 Å². The maximum Gasteiger partial charge on any atom is 0.407 e. The second-order valence-corrected chi connectivity index (χ2v) is 9.84. The first kappa shape index (κ1) is 26.0. The molecule has 0 bridgehead atoms. The van der Waals surface area contributed by atoms with E-state index in [-0.39, 0.29) is 11.8 Å². The third-order valence-electron chi connectivity index (χ3n) is 4.96. The molecule has 0 spiro atoms. The first-order chi connectivity index (χ1) is 16.5. The van der Waals surface area contributed by atoms with Crippen molar-refractivity contribution in [3.8, 4) is 0 Å². The third kappa shape index (κ3) is 7.68. The van der Waals surface area contributed by atoms with Crippen molar-refractivity contribution < 1.29 is 19.1 Å². The van der Waals surface area contributed by atoms with E-state index in [0.717, 1.165) is 15.7 Å². The van der Waals surface area contributed by atoms with Crippen molar-refractivity contribution in [2.45, 2.75) is 32.9 Å². The Labute approximate surface area is 213 Å². The fraction of sp³-hybridized carbons (Fsp3) is 0.222. The van der Waals surface area contributed by atoms with Crippen LogP contribution in [0.4, 0.5) is 16.2 Å². The van der Waals surface area contributed by atoms with Gasteiger partial charge in [-0.1, -0.05) is 28.1 Å². The van der Waals surface area contributed by atoms with Crippen LogP contribution in [-0.2, 0) is 11.3 Å². The second-order valence-electron chi connectivity index (χ2n) is 8.92. The molecule has 7 nitrogen and oxygen atoms in total. The summed E-state index contributed by atoms with van der Waals surface area (Å²) in [5, 5.41) is 5.53. The number of nitrogens with zero attached hydrogens (tertiary/aromatic N) is 1. The maximum atomic E-state index is 12.8. The zero-order valence-corrected chi connectivity index (χ0v) is 21.7. The Kier molecular flexibility index (Phi) is 8.30. The van der Waals surface area contributed by atoms with E-state index >= 15 is 0 Å². The van der Waals surface area contributed by atoms with Crippen molar-refractivity contribution in [1.29, 1.82) is 0 Å². The number of ether oxygens (including phenoxy) is 1. The lowest BCUT2D eigenvalue weighted by Gasteiger charge is -2.19. The molecule has 0 unspecified atom stereocenters. The number of benzene rings is 3. The summed E-state index contributed by atoms with van der Waals surface area (Å²) in [5.41, 5.74) is 2.61. The van der Waals surface area contributed by atoms with E-state index < -0.39 is 11.7 Å². The molecule has 8 heteroatoms. The highest BCUT2D eigenvalue weighted by atomic mass is 79.9. The monoisotopic (exact) mass is 537 g/mol. The number of carbonyl (C=O) groups excluding carboxylic acids is 3. The van der Waals surface area contributed by atoms with Crippen LogP contribution in [0.15, 0.2) is 77.3 Å². The van der Waals surface area contributed by atoms with Crippen LogP contribution in [0.25, 0.3) is 0 Å². The topological polar surface area (TPSA) is 87.7 Å². The van der Waals surface area contributed by atoms with Crippen molar-refractivity contribution in [2.24, 2.45) is 0 Å². The van der Waals surface area contributed by atoms with Gasteiger partial charge in [-0.3, -0.25) is 9.59 Å². The van der Waals surface area contributed by atoms with E-state index in [1.54, 1.807) is 69.1 Å². The fourth-order valence-corrected chi connectivity index (χ4v) is 3.40. The van der Waals surface area contributed by atoms with Crippen LogP contribution >= 0.6 is 15.9 Å². The Morgan fingerprint density at radius 3 is 2.00 bits per heavy atom. The summed E-state index contributed by atoms with van der Waals surface area (Å²) in [5.74, 6) is -0.459. The summed E-state index contributed by atoms with van der Waals surface area (Å²) in [6, 6.07) is 21.1. The van der Waals surface area contributed by atoms with Gasteiger partial charge in [0.05, 0.1) is 0 Å². The summed E-state index contributed by atoms with van der Waals surface area (Å²) in [4.78, 5) is 38.7. The fourth-order valence-electron chi connectivity index (χ4n) is 3.14. The van der Waals surface area contributed by atoms with Crippen molar-refractivity contribution >= 4 is 45.2 Å². The van der Waals surface area contributed by atoms with E-state index in [1.807, 2.05) is 36.4 Å². The molecular formula is C27H28BrN3O4. The van der Waals surface area contributed by atoms with Gasteiger partial charge in [-0.05, 0) is 87.0 Å². The average molecular weight is 538 g/mol. The highest BCUT2D eigenvalue weighted by Gasteiger charge is 2.16. The van der Waals surface area contributed by atoms with Gasteiger partial charge in [-0.25, -0.2) is 4.79 Å². The molecule has 3 amide bonds. The number of carbonyl (C=O) groups is 3. The van der Waals surface area contributed by atoms with Gasteiger partial charge in [0, 0.05) is 40.6 Å². The van der Waals surface area contributed by atoms with Crippen molar-refractivity contribution in [1.82, 2.24) is 5.32 Å². The molecule has 0 aromatic heterocycles. The summed E-state index contributed by atoms with van der Waals surface area (Å²) in [6.45, 7) is 5.72. The molecule has 0 aliphatic rings. The number of alkyl carbamates (subject to hydrolysis) is 1. The zero-order chi connectivity index (χ0) is 25.6. The summed E-state index contributed by atoms with van der Waals surface area (Å²) < 4.78 is 6.15. The van der Waals surface area contributed by atoms with Crippen LogP contribution in [0.5, 0.6) is 0 Å². The van der Waals surface area contributed by atoms with Crippen LogP contribution in [0.1, 0.15) is 47.1 Å². The number of rotatable bonds is 6. The lowest BCUT2D eigenvalue weighted by Crippen LogP contribution is -2.32. The highest BCUT2D eigenvalue weighted by Crippen LogP contribution is 2.20. The molecule has 0 aliphatic carbocycles. The molecule has 2 N–H and O–H groups in total. The molecule has 0 heterocycles. The van der Waals surface area contributed by atoms with Crippen LogP contribution in [0.2, 0.25) is 0 Å². The predicted octanol–water partition coefficient (Wildman–Crippen LogP) is 6.00. The highest BCUT2D eigenvalue weighted by molar-refractivity contribution is 9.10. The SMILES string of the molecule is CN(C(=O)c1ccc(C(=O)Nc2ccc(CNC(=O)OC(C)(C)C)cc2)cc1)c1ccc(Br)cc1. The Bertz CT molecular complexity index is 1190. The van der Waals surface area contributed by atoms with Gasteiger partial charge in [0.1, 0.15) is 5.60 Å². The molecule has 0 aliphatic heterocycles. The number of nitrogens with one attached hydrogen (secondary N) is 2. The van der Waals surface area contributed by atoms with Gasteiger partial charge >= 0.3 is 6.09 Å². The van der Waals surface area contributed by atoms with Crippen molar-refractivity contribution in [3.63, 3.8) is 0 Å². The molecule has 0 saturated carbocycles. The number of amides is 3. The zero-order valence-electron chi connectivity index (χ0n) is 20.1. The van der Waals surface area contributed by atoms with E-state index in [1.165, 1.54) is 0 Å². The number of halogens is 1. The largest absolute Gasteiger partial charge is 0.444 e. The van der Waals surface area contributed by atoms with Gasteiger partial charge < -0.3 is 20.3 Å². The minimum absolute atomic E-state index is 0.171. The summed E-state index contributed by atoms with van der Waals surface area (Å²) in [7, 11) is 1.71. The van der Waals surface area contributed by atoms with Crippen LogP contribution in [0, 0.1) is 0 Å². The molecule has 0 radical (unpaired) electrons. The average Bonchev–Trinajstić information content (AvgIpc) is 2.82. The molecule has 3 aromatic carbocycles. The first-order valence-electron chi connectivity index (χ1n) is 11.0. The predicted molar refractivity (Wildman–Crippen MR) is 141 cm³/mol. The van der Waals surface area contributed by atoms with E-state index in [4.69, 9.17) is 4.74 Å². The molecule has 3 rings (SSSR count). The number of hydrogen-bond donors (Lipinski definition) is 2. The van der Waals surface area contributed by atoms with Gasteiger partial charge in [0.25, 0.3) is 11.8 Å². The van der Waals surface area contributed by atoms with Crippen LogP contribution < -0.4 is 15.5 Å². The Morgan fingerprint density at radius 1 is 0.857 bits per heavy atom. The smallest absolute Gasteiger partial charge is 0.407 e. The second kappa shape index (κ2) is 11.2. The Balaban J connectivity index is 1.56. The maximum absolute atomic E-state index is 12.8. The lowest BCUT2D eigenvalue weighted by atomic mass is 10.1. The lowest BCUT2D eigenvalue weighted by molar-refractivity contribution is 0.0523.